The molecule has 1 aliphatic rings. The average molecular weight is 249 g/mol. The van der Waals surface area contributed by atoms with Gasteiger partial charge in [0, 0.05) is 26.2 Å². The Balaban J connectivity index is 2.15. The van der Waals surface area contributed by atoms with Crippen molar-refractivity contribution >= 4 is 11.8 Å². The lowest BCUT2D eigenvalue weighted by Crippen LogP contribution is -2.35. The Bertz CT molecular complexity index is 377. The normalized spacial score (nSPS) is 19.9. The first kappa shape index (κ1) is 13.1. The van der Waals surface area contributed by atoms with Crippen molar-refractivity contribution in [3.05, 3.63) is 6.20 Å². The molecule has 5 heteroatoms. The van der Waals surface area contributed by atoms with Crippen LogP contribution in [0.5, 0.6) is 0 Å². The van der Waals surface area contributed by atoms with Crippen molar-refractivity contribution in [3.8, 4) is 0 Å². The summed E-state index contributed by atoms with van der Waals surface area (Å²) in [5, 5.41) is 8.24. The molecule has 100 valence electrons. The average Bonchev–Trinajstić information content (AvgIpc) is 2.41. The summed E-state index contributed by atoms with van der Waals surface area (Å²) in [5.74, 6) is 2.46. The highest BCUT2D eigenvalue weighted by molar-refractivity contribution is 5.41. The molecule has 18 heavy (non-hydrogen) atoms. The van der Waals surface area contributed by atoms with Crippen LogP contribution in [0.15, 0.2) is 6.20 Å². The minimum Gasteiger partial charge on any atom is -0.355 e. The highest BCUT2D eigenvalue weighted by Crippen LogP contribution is 2.21. The van der Waals surface area contributed by atoms with Crippen LogP contribution in [0, 0.1) is 5.92 Å². The molecule has 5 nitrogen and oxygen atoms in total. The molecule has 1 atom stereocenters. The second-order valence-corrected chi connectivity index (χ2v) is 4.98. The number of rotatable bonds is 4. The van der Waals surface area contributed by atoms with Gasteiger partial charge in [0.15, 0.2) is 5.82 Å². The van der Waals surface area contributed by atoms with Gasteiger partial charge in [0.05, 0.1) is 6.20 Å². The number of hydrogen-bond acceptors (Lipinski definition) is 5. The van der Waals surface area contributed by atoms with Gasteiger partial charge in [-0.1, -0.05) is 6.92 Å². The van der Waals surface area contributed by atoms with E-state index in [2.05, 4.69) is 45.8 Å². The van der Waals surface area contributed by atoms with Crippen LogP contribution in [-0.4, -0.2) is 41.4 Å². The van der Waals surface area contributed by atoms with Gasteiger partial charge in [0.25, 0.3) is 0 Å². The number of piperidine rings is 1. The lowest BCUT2D eigenvalue weighted by atomic mass is 10.0. The minimum atomic E-state index is 0.741. The van der Waals surface area contributed by atoms with Gasteiger partial charge in [-0.3, -0.25) is 0 Å². The maximum Gasteiger partial charge on any atom is 0.247 e. The maximum atomic E-state index is 4.65. The van der Waals surface area contributed by atoms with Gasteiger partial charge in [-0.2, -0.15) is 10.1 Å². The maximum absolute atomic E-state index is 4.65. The topological polar surface area (TPSA) is 45.2 Å². The zero-order valence-corrected chi connectivity index (χ0v) is 11.6. The van der Waals surface area contributed by atoms with E-state index in [1.54, 1.807) is 6.20 Å². The molecule has 1 aliphatic heterocycles. The molecule has 0 aromatic carbocycles. The van der Waals surface area contributed by atoms with E-state index >= 15 is 0 Å². The van der Waals surface area contributed by atoms with Crippen LogP contribution in [0.2, 0.25) is 0 Å². The molecule has 2 rings (SSSR count). The van der Waals surface area contributed by atoms with Crippen LogP contribution in [0.25, 0.3) is 0 Å². The Morgan fingerprint density at radius 3 is 2.83 bits per heavy atom. The van der Waals surface area contributed by atoms with Crippen LogP contribution >= 0.6 is 0 Å². The molecule has 0 saturated carbocycles. The van der Waals surface area contributed by atoms with E-state index < -0.39 is 0 Å². The number of aromatic nitrogens is 3. The third kappa shape index (κ3) is 2.89. The molecule has 0 bridgehead atoms. The van der Waals surface area contributed by atoms with Gasteiger partial charge in [-0.25, -0.2) is 0 Å². The van der Waals surface area contributed by atoms with Gasteiger partial charge in [-0.15, -0.1) is 5.10 Å². The monoisotopic (exact) mass is 249 g/mol. The van der Waals surface area contributed by atoms with E-state index in [-0.39, 0.29) is 0 Å². The van der Waals surface area contributed by atoms with Crippen LogP contribution in [0.4, 0.5) is 11.8 Å². The van der Waals surface area contributed by atoms with E-state index in [1.807, 2.05) is 0 Å². The van der Waals surface area contributed by atoms with Crippen LogP contribution in [-0.2, 0) is 0 Å². The zero-order valence-electron chi connectivity index (χ0n) is 11.6. The molecule has 0 N–H and O–H groups in total. The molecule has 1 unspecified atom stereocenters. The lowest BCUT2D eigenvalue weighted by Gasteiger charge is -2.32. The Morgan fingerprint density at radius 2 is 2.17 bits per heavy atom. The fourth-order valence-corrected chi connectivity index (χ4v) is 2.48. The zero-order chi connectivity index (χ0) is 13.0. The van der Waals surface area contributed by atoms with Crippen LogP contribution < -0.4 is 9.80 Å². The number of anilines is 2. The van der Waals surface area contributed by atoms with Gasteiger partial charge in [0.2, 0.25) is 5.95 Å². The standard InChI is InChI=1S/C13H23N5/c1-4-17(5-2)13-15-12(9-14-16-13)18-8-6-7-11(3)10-18/h9,11H,4-8,10H2,1-3H3. The molecule has 1 aromatic heterocycles. The first-order chi connectivity index (χ1) is 8.74. The third-order valence-corrected chi connectivity index (χ3v) is 3.56. The number of nitrogens with zero attached hydrogens (tertiary/aromatic N) is 5. The third-order valence-electron chi connectivity index (χ3n) is 3.56. The molecule has 0 spiro atoms. The molecular formula is C13H23N5. The minimum absolute atomic E-state index is 0.741. The first-order valence-electron chi connectivity index (χ1n) is 6.94. The van der Waals surface area contributed by atoms with E-state index in [4.69, 9.17) is 0 Å². The van der Waals surface area contributed by atoms with Crippen molar-refractivity contribution in [1.29, 1.82) is 0 Å². The van der Waals surface area contributed by atoms with Crippen LogP contribution in [0.3, 0.4) is 0 Å². The fourth-order valence-electron chi connectivity index (χ4n) is 2.48. The summed E-state index contributed by atoms with van der Waals surface area (Å²) in [6.07, 6.45) is 4.34. The van der Waals surface area contributed by atoms with Gasteiger partial charge >= 0.3 is 0 Å². The SMILES string of the molecule is CCN(CC)c1nncc(N2CCCC(C)C2)n1. The molecule has 1 fully saturated rings. The predicted molar refractivity (Wildman–Crippen MR) is 74.0 cm³/mol. The second-order valence-electron chi connectivity index (χ2n) is 4.98. The number of hydrogen-bond donors (Lipinski definition) is 0. The quantitative estimate of drug-likeness (QED) is 0.816. The Hall–Kier alpha value is -1.39. The van der Waals surface area contributed by atoms with Crippen molar-refractivity contribution in [3.63, 3.8) is 0 Å². The van der Waals surface area contributed by atoms with Crippen molar-refractivity contribution in [1.82, 2.24) is 15.2 Å². The predicted octanol–water partition coefficient (Wildman–Crippen LogP) is 1.95. The Labute approximate surface area is 109 Å². The molecule has 0 amide bonds. The van der Waals surface area contributed by atoms with E-state index in [9.17, 15) is 0 Å². The molecular weight excluding hydrogens is 226 g/mol. The summed E-state index contributed by atoms with van der Waals surface area (Å²) < 4.78 is 0. The van der Waals surface area contributed by atoms with Gasteiger partial charge in [0.1, 0.15) is 0 Å². The van der Waals surface area contributed by atoms with E-state index in [0.29, 0.717) is 0 Å². The highest BCUT2D eigenvalue weighted by atomic mass is 15.3. The molecule has 0 radical (unpaired) electrons. The smallest absolute Gasteiger partial charge is 0.247 e. The lowest BCUT2D eigenvalue weighted by molar-refractivity contribution is 0.444. The molecule has 0 aliphatic carbocycles. The van der Waals surface area contributed by atoms with Gasteiger partial charge in [-0.05, 0) is 32.6 Å². The van der Waals surface area contributed by atoms with E-state index in [1.165, 1.54) is 12.8 Å². The fraction of sp³-hybridized carbons (Fsp3) is 0.769. The first-order valence-corrected chi connectivity index (χ1v) is 6.94. The summed E-state index contributed by atoms with van der Waals surface area (Å²) in [6, 6.07) is 0. The second kappa shape index (κ2) is 5.98. The molecule has 1 saturated heterocycles. The van der Waals surface area contributed by atoms with Crippen LogP contribution in [0.1, 0.15) is 33.6 Å². The summed E-state index contributed by atoms with van der Waals surface area (Å²) in [4.78, 5) is 9.11. The summed E-state index contributed by atoms with van der Waals surface area (Å²) >= 11 is 0. The van der Waals surface area contributed by atoms with E-state index in [0.717, 1.165) is 43.9 Å². The Kier molecular flexibility index (Phi) is 4.33. The highest BCUT2D eigenvalue weighted by Gasteiger charge is 2.19. The van der Waals surface area contributed by atoms with Crippen molar-refractivity contribution in [2.24, 2.45) is 5.92 Å². The van der Waals surface area contributed by atoms with Crippen molar-refractivity contribution < 1.29 is 0 Å². The van der Waals surface area contributed by atoms with Crippen molar-refractivity contribution in [2.75, 3.05) is 36.0 Å². The summed E-state index contributed by atoms with van der Waals surface area (Å²) in [6.45, 7) is 10.5. The molecule has 2 heterocycles. The largest absolute Gasteiger partial charge is 0.355 e. The Morgan fingerprint density at radius 1 is 1.39 bits per heavy atom. The van der Waals surface area contributed by atoms with Crippen molar-refractivity contribution in [2.45, 2.75) is 33.6 Å². The molecule has 1 aromatic rings. The summed E-state index contributed by atoms with van der Waals surface area (Å²) in [7, 11) is 0. The summed E-state index contributed by atoms with van der Waals surface area (Å²) in [5.41, 5.74) is 0. The van der Waals surface area contributed by atoms with Gasteiger partial charge < -0.3 is 9.80 Å².